The van der Waals surface area contributed by atoms with Crippen molar-refractivity contribution in [2.75, 3.05) is 13.1 Å². The molecule has 124 valence electrons. The van der Waals surface area contributed by atoms with Gasteiger partial charge in [0.05, 0.1) is 4.88 Å². The third kappa shape index (κ3) is 2.82. The Morgan fingerprint density at radius 2 is 1.96 bits per heavy atom. The van der Waals surface area contributed by atoms with Crippen molar-refractivity contribution in [2.24, 2.45) is 5.41 Å². The van der Waals surface area contributed by atoms with E-state index in [4.69, 9.17) is 0 Å². The zero-order valence-electron chi connectivity index (χ0n) is 13.3. The fourth-order valence-corrected chi connectivity index (χ4v) is 4.25. The molecule has 2 amide bonds. The maximum Gasteiger partial charge on any atom is 0.263 e. The highest BCUT2D eigenvalue weighted by Crippen LogP contribution is 2.54. The summed E-state index contributed by atoms with van der Waals surface area (Å²) in [7, 11) is 0. The lowest BCUT2D eigenvalue weighted by atomic mass is 9.92. The van der Waals surface area contributed by atoms with Crippen molar-refractivity contribution in [3.8, 4) is 0 Å². The Labute approximate surface area is 144 Å². The van der Waals surface area contributed by atoms with Crippen molar-refractivity contribution in [1.82, 2.24) is 15.2 Å². The second-order valence-electron chi connectivity index (χ2n) is 6.60. The van der Waals surface area contributed by atoms with E-state index in [2.05, 4.69) is 10.3 Å². The number of pyridine rings is 1. The first-order chi connectivity index (χ1) is 11.7. The lowest BCUT2D eigenvalue weighted by Gasteiger charge is -2.32. The van der Waals surface area contributed by atoms with E-state index in [1.807, 2.05) is 22.4 Å². The lowest BCUT2D eigenvalue weighted by Crippen LogP contribution is -2.41. The maximum absolute atomic E-state index is 12.4. The van der Waals surface area contributed by atoms with Gasteiger partial charge in [0.25, 0.3) is 11.8 Å². The van der Waals surface area contributed by atoms with E-state index >= 15 is 0 Å². The van der Waals surface area contributed by atoms with E-state index in [9.17, 15) is 9.59 Å². The number of hydrogen-bond donors (Lipinski definition) is 1. The van der Waals surface area contributed by atoms with Crippen LogP contribution in [-0.4, -0.2) is 40.8 Å². The summed E-state index contributed by atoms with van der Waals surface area (Å²) in [5.41, 5.74) is 0.840. The number of amides is 2. The topological polar surface area (TPSA) is 62.3 Å². The molecule has 0 radical (unpaired) electrons. The predicted octanol–water partition coefficient (Wildman–Crippen LogP) is 2.57. The number of likely N-dealkylation sites (tertiary alicyclic amines) is 1. The predicted molar refractivity (Wildman–Crippen MR) is 92.0 cm³/mol. The van der Waals surface area contributed by atoms with Gasteiger partial charge in [-0.3, -0.25) is 14.6 Å². The number of aromatic nitrogens is 1. The molecule has 1 N–H and O–H groups in total. The largest absolute Gasteiger partial charge is 0.349 e. The van der Waals surface area contributed by atoms with Gasteiger partial charge in [-0.1, -0.05) is 6.07 Å². The van der Waals surface area contributed by atoms with Crippen molar-refractivity contribution < 1.29 is 9.59 Å². The Morgan fingerprint density at radius 1 is 1.21 bits per heavy atom. The summed E-state index contributed by atoms with van der Waals surface area (Å²) in [5, 5.41) is 5.07. The highest BCUT2D eigenvalue weighted by atomic mass is 32.1. The van der Waals surface area contributed by atoms with Crippen LogP contribution in [0, 0.1) is 5.41 Å². The van der Waals surface area contributed by atoms with Gasteiger partial charge in [-0.25, -0.2) is 0 Å². The summed E-state index contributed by atoms with van der Waals surface area (Å²) in [4.78, 5) is 31.3. The molecule has 1 atom stereocenters. The molecule has 1 unspecified atom stereocenters. The molecular formula is C18H19N3O2S. The van der Waals surface area contributed by atoms with Crippen LogP contribution in [0.25, 0.3) is 0 Å². The van der Waals surface area contributed by atoms with Crippen molar-refractivity contribution in [3.63, 3.8) is 0 Å². The summed E-state index contributed by atoms with van der Waals surface area (Å²) < 4.78 is 0. The Morgan fingerprint density at radius 3 is 2.62 bits per heavy atom. The van der Waals surface area contributed by atoms with Gasteiger partial charge in [-0.05, 0) is 48.3 Å². The van der Waals surface area contributed by atoms with Crippen molar-refractivity contribution in [2.45, 2.75) is 25.3 Å². The average Bonchev–Trinajstić information content (AvgIpc) is 3.03. The van der Waals surface area contributed by atoms with Crippen LogP contribution >= 0.6 is 11.3 Å². The smallest absolute Gasteiger partial charge is 0.263 e. The molecule has 2 aromatic rings. The Bertz CT molecular complexity index is 737. The molecule has 24 heavy (non-hydrogen) atoms. The number of nitrogens with one attached hydrogen (secondary N) is 1. The molecule has 5 nitrogen and oxygen atoms in total. The second-order valence-corrected chi connectivity index (χ2v) is 7.55. The molecule has 3 heterocycles. The first-order valence-corrected chi connectivity index (χ1v) is 9.10. The normalized spacial score (nSPS) is 21.5. The molecule has 2 aliphatic rings. The first-order valence-electron chi connectivity index (χ1n) is 8.22. The minimum atomic E-state index is -0.0311. The molecule has 1 saturated heterocycles. The van der Waals surface area contributed by atoms with Crippen LogP contribution in [0.2, 0.25) is 0 Å². The van der Waals surface area contributed by atoms with E-state index in [-0.39, 0.29) is 23.3 Å². The average molecular weight is 341 g/mol. The molecule has 0 bridgehead atoms. The van der Waals surface area contributed by atoms with Crippen LogP contribution in [-0.2, 0) is 0 Å². The number of carbonyl (C=O) groups is 2. The summed E-state index contributed by atoms with van der Waals surface area (Å²) in [6, 6.07) is 7.48. The summed E-state index contributed by atoms with van der Waals surface area (Å²) in [5.74, 6) is 0.106. The van der Waals surface area contributed by atoms with Gasteiger partial charge in [0.15, 0.2) is 0 Å². The molecule has 4 rings (SSSR count). The van der Waals surface area contributed by atoms with Crippen molar-refractivity contribution >= 4 is 23.2 Å². The maximum atomic E-state index is 12.4. The van der Waals surface area contributed by atoms with E-state index in [0.29, 0.717) is 5.56 Å². The molecule has 2 aromatic heterocycles. The number of thiophene rings is 1. The van der Waals surface area contributed by atoms with Gasteiger partial charge in [0, 0.05) is 37.1 Å². The van der Waals surface area contributed by atoms with Gasteiger partial charge < -0.3 is 10.2 Å². The molecule has 1 aliphatic heterocycles. The monoisotopic (exact) mass is 341 g/mol. The fourth-order valence-electron chi connectivity index (χ4n) is 3.56. The van der Waals surface area contributed by atoms with Crippen LogP contribution in [0.5, 0.6) is 0 Å². The third-order valence-corrected chi connectivity index (χ3v) is 6.07. The van der Waals surface area contributed by atoms with Crippen LogP contribution in [0.3, 0.4) is 0 Å². The molecule has 2 fully saturated rings. The molecule has 0 aromatic carbocycles. The highest BCUT2D eigenvalue weighted by molar-refractivity contribution is 7.12. The second kappa shape index (κ2) is 6.02. The zero-order chi connectivity index (χ0) is 16.6. The Balaban J connectivity index is 1.32. The van der Waals surface area contributed by atoms with Gasteiger partial charge in [0.2, 0.25) is 0 Å². The molecule has 1 saturated carbocycles. The Hall–Kier alpha value is -2.21. The SMILES string of the molecule is O=C(NC1CC12CCN(C(=O)c1cccs1)CC2)c1ccncc1. The van der Waals surface area contributed by atoms with Crippen LogP contribution in [0.1, 0.15) is 39.3 Å². The number of piperidine rings is 1. The summed E-state index contributed by atoms with van der Waals surface area (Å²) in [6.07, 6.45) is 6.21. The van der Waals surface area contributed by atoms with Gasteiger partial charge >= 0.3 is 0 Å². The number of nitrogens with zero attached hydrogens (tertiary/aromatic N) is 2. The van der Waals surface area contributed by atoms with E-state index in [0.717, 1.165) is 37.2 Å². The quantitative estimate of drug-likeness (QED) is 0.933. The summed E-state index contributed by atoms with van der Waals surface area (Å²) in [6.45, 7) is 1.55. The van der Waals surface area contributed by atoms with Gasteiger partial charge in [-0.2, -0.15) is 0 Å². The first kappa shape index (κ1) is 15.3. The Kier molecular flexibility index (Phi) is 3.84. The standard InChI is InChI=1S/C18H19N3O2S/c22-16(13-3-7-19-8-4-13)20-15-12-18(15)5-9-21(10-6-18)17(23)14-2-1-11-24-14/h1-4,7-8,11,15H,5-6,9-10,12H2,(H,20,22). The van der Waals surface area contributed by atoms with Crippen molar-refractivity contribution in [1.29, 1.82) is 0 Å². The molecule has 1 aliphatic carbocycles. The zero-order valence-corrected chi connectivity index (χ0v) is 14.1. The molecule has 1 spiro atoms. The molecule has 6 heteroatoms. The van der Waals surface area contributed by atoms with E-state index in [1.165, 1.54) is 11.3 Å². The number of carbonyl (C=O) groups excluding carboxylic acids is 2. The minimum absolute atomic E-state index is 0.0311. The summed E-state index contributed by atoms with van der Waals surface area (Å²) >= 11 is 1.49. The van der Waals surface area contributed by atoms with Crippen LogP contribution in [0.4, 0.5) is 0 Å². The van der Waals surface area contributed by atoms with Crippen molar-refractivity contribution in [3.05, 3.63) is 52.5 Å². The fraction of sp³-hybridized carbons (Fsp3) is 0.389. The molecular weight excluding hydrogens is 322 g/mol. The third-order valence-electron chi connectivity index (χ3n) is 5.22. The van der Waals surface area contributed by atoms with Crippen LogP contribution < -0.4 is 5.32 Å². The minimum Gasteiger partial charge on any atom is -0.349 e. The van der Waals surface area contributed by atoms with Crippen LogP contribution in [0.15, 0.2) is 42.0 Å². The lowest BCUT2D eigenvalue weighted by molar-refractivity contribution is 0.0672. The number of hydrogen-bond acceptors (Lipinski definition) is 4. The van der Waals surface area contributed by atoms with Gasteiger partial charge in [0.1, 0.15) is 0 Å². The number of rotatable bonds is 3. The highest BCUT2D eigenvalue weighted by Gasteiger charge is 2.56. The van der Waals surface area contributed by atoms with E-state index < -0.39 is 0 Å². The van der Waals surface area contributed by atoms with E-state index in [1.54, 1.807) is 24.5 Å². The van der Waals surface area contributed by atoms with Gasteiger partial charge in [-0.15, -0.1) is 11.3 Å².